The van der Waals surface area contributed by atoms with Crippen molar-refractivity contribution in [3.63, 3.8) is 0 Å². The average molecular weight is 521 g/mol. The molecule has 0 radical (unpaired) electrons. The summed E-state index contributed by atoms with van der Waals surface area (Å²) in [7, 11) is 0. The molecule has 0 spiro atoms. The zero-order valence-electron chi connectivity index (χ0n) is 17.0. The van der Waals surface area contributed by atoms with Gasteiger partial charge in [-0.1, -0.05) is 23.2 Å². The number of nitrogens with zero attached hydrogens (tertiary/aromatic N) is 3. The third-order valence-electron chi connectivity index (χ3n) is 4.49. The minimum absolute atomic E-state index is 0.0186. The Morgan fingerprint density at radius 3 is 2.29 bits per heavy atom. The number of benzene rings is 2. The molecular formula is C20H14Cl2F4N4O4. The number of nitro benzene ring substituents is 1. The molecule has 8 nitrogen and oxygen atoms in total. The van der Waals surface area contributed by atoms with E-state index in [4.69, 9.17) is 27.9 Å². The Balaban J connectivity index is 1.90. The van der Waals surface area contributed by atoms with Crippen molar-refractivity contribution in [2.75, 3.05) is 5.32 Å². The lowest BCUT2D eigenvalue weighted by atomic mass is 10.2. The van der Waals surface area contributed by atoms with Gasteiger partial charge in [-0.2, -0.15) is 5.10 Å². The van der Waals surface area contributed by atoms with E-state index in [0.29, 0.717) is 15.5 Å². The molecule has 1 amide bonds. The molecule has 3 aromatic rings. The summed E-state index contributed by atoms with van der Waals surface area (Å²) in [5, 5.41) is 16.5. The topological polar surface area (TPSA) is 99.3 Å². The maximum atomic E-state index is 13.4. The first-order valence-electron chi connectivity index (χ1n) is 9.35. The highest BCUT2D eigenvalue weighted by molar-refractivity contribution is 6.32. The molecule has 34 heavy (non-hydrogen) atoms. The van der Waals surface area contributed by atoms with Gasteiger partial charge in [0.05, 0.1) is 21.7 Å². The van der Waals surface area contributed by atoms with Gasteiger partial charge in [-0.3, -0.25) is 14.9 Å². The molecule has 1 aromatic heterocycles. The van der Waals surface area contributed by atoms with Crippen LogP contribution < -0.4 is 10.1 Å². The van der Waals surface area contributed by atoms with Gasteiger partial charge < -0.3 is 10.1 Å². The molecule has 1 atom stereocenters. The summed E-state index contributed by atoms with van der Waals surface area (Å²) >= 11 is 11.4. The number of non-ortho nitro benzene ring substituents is 1. The highest BCUT2D eigenvalue weighted by atomic mass is 35.5. The number of nitro groups is 1. The van der Waals surface area contributed by atoms with Crippen molar-refractivity contribution in [3.05, 3.63) is 74.0 Å². The molecular weight excluding hydrogens is 507 g/mol. The summed E-state index contributed by atoms with van der Waals surface area (Å²) in [6.07, 6.45) is -6.54. The minimum Gasteiger partial charge on any atom is -0.457 e. The van der Waals surface area contributed by atoms with Crippen molar-refractivity contribution in [2.45, 2.75) is 25.8 Å². The number of nitrogens with one attached hydrogen (secondary N) is 1. The minimum atomic E-state index is -3.29. The molecule has 180 valence electrons. The molecule has 0 aliphatic carbocycles. The fourth-order valence-electron chi connectivity index (χ4n) is 2.89. The lowest BCUT2D eigenvalue weighted by molar-refractivity contribution is -0.384. The van der Waals surface area contributed by atoms with Crippen LogP contribution in [0.3, 0.4) is 0 Å². The number of ether oxygens (including phenoxy) is 1. The molecule has 1 N–H and O–H groups in total. The number of amides is 1. The number of carbonyl (C=O) groups excluding carboxylic acids is 1. The third kappa shape index (κ3) is 5.57. The van der Waals surface area contributed by atoms with Crippen LogP contribution in [-0.2, 0) is 4.79 Å². The van der Waals surface area contributed by atoms with Crippen LogP contribution in [0.4, 0.5) is 28.9 Å². The molecule has 2 aromatic carbocycles. The predicted octanol–water partition coefficient (Wildman–Crippen LogP) is 6.97. The highest BCUT2D eigenvalue weighted by Crippen LogP contribution is 2.36. The van der Waals surface area contributed by atoms with Crippen LogP contribution >= 0.6 is 23.2 Å². The number of hydrogen-bond acceptors (Lipinski definition) is 5. The van der Waals surface area contributed by atoms with Gasteiger partial charge in [0.2, 0.25) is 5.91 Å². The lowest BCUT2D eigenvalue weighted by Crippen LogP contribution is -2.26. The van der Waals surface area contributed by atoms with Crippen molar-refractivity contribution < 1.29 is 32.0 Å². The third-order valence-corrected chi connectivity index (χ3v) is 5.13. The highest BCUT2D eigenvalue weighted by Gasteiger charge is 2.32. The van der Waals surface area contributed by atoms with E-state index in [1.165, 1.54) is 30.3 Å². The monoisotopic (exact) mass is 520 g/mol. The molecule has 0 aliphatic heterocycles. The van der Waals surface area contributed by atoms with E-state index in [2.05, 4.69) is 10.4 Å². The van der Waals surface area contributed by atoms with E-state index in [-0.39, 0.29) is 11.4 Å². The van der Waals surface area contributed by atoms with Crippen LogP contribution in [0.15, 0.2) is 42.5 Å². The van der Waals surface area contributed by atoms with Crippen LogP contribution in [0.25, 0.3) is 0 Å². The summed E-state index contributed by atoms with van der Waals surface area (Å²) < 4.78 is 58.9. The number of anilines is 1. The molecule has 3 rings (SSSR count). The van der Waals surface area contributed by atoms with Crippen LogP contribution in [0.2, 0.25) is 10.0 Å². The smallest absolute Gasteiger partial charge is 0.283 e. The Labute approximate surface area is 199 Å². The standard InChI is InChI=1S/C20H14Cl2F4N4O4/c1-9(29-17(19(25)26)15(22)16(28-29)18(23)24)20(31)27-11-6-12(30(32)33)8-14(7-11)34-13-4-2-10(21)3-5-13/h2-9,18-19H,1H3,(H,27,31). The second-order valence-electron chi connectivity index (χ2n) is 6.82. The molecule has 1 heterocycles. The fraction of sp³-hybridized carbons (Fsp3) is 0.200. The van der Waals surface area contributed by atoms with Gasteiger partial charge in [0.1, 0.15) is 28.9 Å². The van der Waals surface area contributed by atoms with Crippen molar-refractivity contribution in [1.82, 2.24) is 9.78 Å². The second kappa shape index (κ2) is 10.3. The van der Waals surface area contributed by atoms with E-state index in [9.17, 15) is 32.5 Å². The van der Waals surface area contributed by atoms with Crippen LogP contribution in [-0.4, -0.2) is 20.6 Å². The van der Waals surface area contributed by atoms with Gasteiger partial charge >= 0.3 is 0 Å². The Kier molecular flexibility index (Phi) is 7.62. The number of halogens is 6. The van der Waals surface area contributed by atoms with E-state index >= 15 is 0 Å². The summed E-state index contributed by atoms with van der Waals surface area (Å²) in [4.78, 5) is 23.3. The van der Waals surface area contributed by atoms with Gasteiger partial charge in [-0.15, -0.1) is 0 Å². The first-order valence-corrected chi connectivity index (χ1v) is 10.1. The maximum absolute atomic E-state index is 13.4. The molecule has 14 heteroatoms. The van der Waals surface area contributed by atoms with Gasteiger partial charge in [-0.05, 0) is 31.2 Å². The number of alkyl halides is 4. The zero-order valence-corrected chi connectivity index (χ0v) is 18.5. The van der Waals surface area contributed by atoms with Gasteiger partial charge in [0, 0.05) is 17.2 Å². The molecule has 0 saturated heterocycles. The molecule has 0 saturated carbocycles. The molecule has 0 aliphatic rings. The van der Waals surface area contributed by atoms with Crippen LogP contribution in [0.5, 0.6) is 11.5 Å². The maximum Gasteiger partial charge on any atom is 0.283 e. The van der Waals surface area contributed by atoms with Crippen LogP contribution in [0, 0.1) is 10.1 Å². The number of aromatic nitrogens is 2. The quantitative estimate of drug-likeness (QED) is 0.196. The Hall–Kier alpha value is -3.38. The number of hydrogen-bond donors (Lipinski definition) is 1. The lowest BCUT2D eigenvalue weighted by Gasteiger charge is -2.16. The Morgan fingerprint density at radius 2 is 1.74 bits per heavy atom. The van der Waals surface area contributed by atoms with Gasteiger partial charge in [0.25, 0.3) is 18.5 Å². The summed E-state index contributed by atoms with van der Waals surface area (Å²) in [5.74, 6) is -0.697. The second-order valence-corrected chi connectivity index (χ2v) is 7.64. The van der Waals surface area contributed by atoms with Crippen molar-refractivity contribution in [2.24, 2.45) is 0 Å². The van der Waals surface area contributed by atoms with E-state index in [0.717, 1.165) is 19.1 Å². The molecule has 1 unspecified atom stereocenters. The van der Waals surface area contributed by atoms with Crippen molar-refractivity contribution >= 4 is 40.5 Å². The summed E-state index contributed by atoms with van der Waals surface area (Å²) in [5.41, 5.74) is -2.69. The average Bonchev–Trinajstić information content (AvgIpc) is 3.12. The number of rotatable bonds is 8. The normalized spacial score (nSPS) is 12.1. The number of carbonyl (C=O) groups is 1. The predicted molar refractivity (Wildman–Crippen MR) is 115 cm³/mol. The van der Waals surface area contributed by atoms with Crippen LogP contribution in [0.1, 0.15) is 37.2 Å². The first-order chi connectivity index (χ1) is 16.0. The van der Waals surface area contributed by atoms with Crippen molar-refractivity contribution in [1.29, 1.82) is 0 Å². The largest absolute Gasteiger partial charge is 0.457 e. The summed E-state index contributed by atoms with van der Waals surface area (Å²) in [6, 6.07) is 7.92. The fourth-order valence-corrected chi connectivity index (χ4v) is 3.31. The van der Waals surface area contributed by atoms with E-state index < -0.39 is 51.8 Å². The summed E-state index contributed by atoms with van der Waals surface area (Å²) in [6.45, 7) is 1.13. The van der Waals surface area contributed by atoms with E-state index in [1.807, 2.05) is 0 Å². The Morgan fingerprint density at radius 1 is 1.09 bits per heavy atom. The zero-order chi connectivity index (χ0) is 25.2. The molecule has 0 bridgehead atoms. The van der Waals surface area contributed by atoms with Crippen molar-refractivity contribution in [3.8, 4) is 11.5 Å². The SMILES string of the molecule is CC(C(=O)Nc1cc(Oc2ccc(Cl)cc2)cc([N+](=O)[O-])c1)n1nc(C(F)F)c(Cl)c1C(F)F. The van der Waals surface area contributed by atoms with Gasteiger partial charge in [0.15, 0.2) is 0 Å². The van der Waals surface area contributed by atoms with E-state index in [1.54, 1.807) is 0 Å². The molecule has 0 fully saturated rings. The van der Waals surface area contributed by atoms with Gasteiger partial charge in [-0.25, -0.2) is 22.2 Å². The Bertz CT molecular complexity index is 1220. The first kappa shape index (κ1) is 25.2.